The molecule has 0 atom stereocenters. The molecule has 0 aliphatic carbocycles. The van der Waals surface area contributed by atoms with E-state index in [-0.39, 0.29) is 0 Å². The van der Waals surface area contributed by atoms with Gasteiger partial charge in [0, 0.05) is 50.0 Å². The summed E-state index contributed by atoms with van der Waals surface area (Å²) in [6.45, 7) is 0. The SMILES string of the molecule is c1ccc(-c2ccc(N(c3ccccc3)c3ccc(-c4cccc5oc6c7ccccc7c(N(c7ccc(-c8ccccc8)cc7)c7ccc(-c8ccccc8)cc7)cc6c45)cc3)cc2)cc1. The fourth-order valence-corrected chi connectivity index (χ4v) is 9.60. The Morgan fingerprint density at radius 3 is 1.10 bits per heavy atom. The summed E-state index contributed by atoms with van der Waals surface area (Å²) in [4.78, 5) is 4.71. The fraction of sp³-hybridized carbons (Fsp3) is 0. The van der Waals surface area contributed by atoms with Gasteiger partial charge in [-0.1, -0.05) is 194 Å². The molecular weight excluding hydrogens is 813 g/mol. The molecular formula is C64H44N2O. The molecule has 0 saturated carbocycles. The van der Waals surface area contributed by atoms with Gasteiger partial charge in [-0.05, 0) is 117 Å². The molecule has 0 fully saturated rings. The van der Waals surface area contributed by atoms with E-state index in [0.29, 0.717) is 0 Å². The maximum Gasteiger partial charge on any atom is 0.143 e. The van der Waals surface area contributed by atoms with Crippen LogP contribution in [0.1, 0.15) is 0 Å². The van der Waals surface area contributed by atoms with E-state index in [2.05, 4.69) is 277 Å². The summed E-state index contributed by atoms with van der Waals surface area (Å²) < 4.78 is 6.90. The van der Waals surface area contributed by atoms with Crippen molar-refractivity contribution < 1.29 is 4.42 Å². The van der Waals surface area contributed by atoms with E-state index in [1.165, 1.54) is 33.4 Å². The number of furan rings is 1. The Morgan fingerprint density at radius 2 is 0.627 bits per heavy atom. The van der Waals surface area contributed by atoms with Gasteiger partial charge in [-0.25, -0.2) is 0 Å². The highest BCUT2D eigenvalue weighted by Crippen LogP contribution is 2.47. The first-order valence-electron chi connectivity index (χ1n) is 22.8. The maximum absolute atomic E-state index is 6.90. The van der Waals surface area contributed by atoms with Gasteiger partial charge in [0.15, 0.2) is 0 Å². The number of anilines is 6. The normalized spacial score (nSPS) is 11.3. The molecule has 0 aliphatic rings. The van der Waals surface area contributed by atoms with Crippen molar-refractivity contribution in [1.82, 2.24) is 0 Å². The van der Waals surface area contributed by atoms with Gasteiger partial charge in [0.05, 0.1) is 5.69 Å². The molecule has 0 radical (unpaired) electrons. The summed E-state index contributed by atoms with van der Waals surface area (Å²) >= 11 is 0. The minimum Gasteiger partial charge on any atom is -0.455 e. The summed E-state index contributed by atoms with van der Waals surface area (Å²) in [6, 6.07) is 95.3. The zero-order valence-electron chi connectivity index (χ0n) is 36.7. The molecule has 67 heavy (non-hydrogen) atoms. The molecule has 316 valence electrons. The predicted molar refractivity (Wildman–Crippen MR) is 282 cm³/mol. The smallest absolute Gasteiger partial charge is 0.143 e. The lowest BCUT2D eigenvalue weighted by Crippen LogP contribution is -2.10. The standard InChI is InChI=1S/C64H44N2O/c1-5-16-45(17-6-1)48-28-36-53(37-29-48)65(52-22-11-4-12-23-52)54-42-34-51(35-43-54)57-26-15-27-62-63(57)60-44-61(58-24-13-14-25-59(58)64(60)67-62)66(55-38-30-49(31-39-55)46-18-7-2-8-19-46)56-40-32-50(33-41-56)47-20-9-3-10-21-47/h1-44H. The molecule has 0 bridgehead atoms. The van der Waals surface area contributed by atoms with E-state index in [9.17, 15) is 0 Å². The lowest BCUT2D eigenvalue weighted by molar-refractivity contribution is 0.673. The third kappa shape index (κ3) is 7.49. The zero-order chi connectivity index (χ0) is 44.5. The van der Waals surface area contributed by atoms with Gasteiger partial charge in [-0.2, -0.15) is 0 Å². The first-order chi connectivity index (χ1) is 33.2. The Labute approximate surface area is 390 Å². The lowest BCUT2D eigenvalue weighted by atomic mass is 9.96. The van der Waals surface area contributed by atoms with Crippen LogP contribution in [0.15, 0.2) is 271 Å². The molecule has 12 aromatic rings. The van der Waals surface area contributed by atoms with Crippen molar-refractivity contribution in [2.75, 3.05) is 9.80 Å². The third-order valence-corrected chi connectivity index (χ3v) is 12.9. The number of benzene rings is 11. The number of fused-ring (bicyclic) bond motifs is 5. The van der Waals surface area contributed by atoms with E-state index in [4.69, 9.17) is 4.42 Å². The summed E-state index contributed by atoms with van der Waals surface area (Å²) in [6.07, 6.45) is 0. The van der Waals surface area contributed by atoms with Gasteiger partial charge in [-0.3, -0.25) is 0 Å². The van der Waals surface area contributed by atoms with Crippen molar-refractivity contribution in [1.29, 1.82) is 0 Å². The van der Waals surface area contributed by atoms with E-state index >= 15 is 0 Å². The number of para-hydroxylation sites is 1. The van der Waals surface area contributed by atoms with Gasteiger partial charge in [0.2, 0.25) is 0 Å². The Balaban J connectivity index is 0.990. The van der Waals surface area contributed by atoms with Crippen LogP contribution >= 0.6 is 0 Å². The second-order valence-corrected chi connectivity index (χ2v) is 16.9. The van der Waals surface area contributed by atoms with Gasteiger partial charge >= 0.3 is 0 Å². The molecule has 0 unspecified atom stereocenters. The lowest BCUT2D eigenvalue weighted by Gasteiger charge is -2.27. The highest BCUT2D eigenvalue weighted by molar-refractivity contribution is 6.22. The first kappa shape index (κ1) is 39.7. The Morgan fingerprint density at radius 1 is 0.254 bits per heavy atom. The van der Waals surface area contributed by atoms with Crippen molar-refractivity contribution in [3.8, 4) is 44.5 Å². The van der Waals surface area contributed by atoms with Crippen molar-refractivity contribution in [2.45, 2.75) is 0 Å². The van der Waals surface area contributed by atoms with Crippen molar-refractivity contribution in [3.05, 3.63) is 267 Å². The van der Waals surface area contributed by atoms with Crippen LogP contribution in [-0.4, -0.2) is 0 Å². The first-order valence-corrected chi connectivity index (χ1v) is 22.8. The van der Waals surface area contributed by atoms with E-state index in [1.807, 2.05) is 0 Å². The summed E-state index contributed by atoms with van der Waals surface area (Å²) in [5.41, 5.74) is 17.6. The number of hydrogen-bond acceptors (Lipinski definition) is 3. The maximum atomic E-state index is 6.90. The fourth-order valence-electron chi connectivity index (χ4n) is 9.60. The predicted octanol–water partition coefficient (Wildman–Crippen LogP) is 18.3. The largest absolute Gasteiger partial charge is 0.455 e. The molecule has 3 heteroatoms. The Bertz CT molecular complexity index is 3540. The summed E-state index contributed by atoms with van der Waals surface area (Å²) in [7, 11) is 0. The van der Waals surface area contributed by atoms with Crippen LogP contribution in [0.3, 0.4) is 0 Å². The molecule has 1 heterocycles. The van der Waals surface area contributed by atoms with Crippen molar-refractivity contribution in [3.63, 3.8) is 0 Å². The molecule has 0 amide bonds. The Hall–Kier alpha value is -8.92. The van der Waals surface area contributed by atoms with Gasteiger partial charge in [0.1, 0.15) is 11.2 Å². The molecule has 12 rings (SSSR count). The average Bonchev–Trinajstić information content (AvgIpc) is 3.80. The van der Waals surface area contributed by atoms with Crippen LogP contribution in [0.4, 0.5) is 34.1 Å². The summed E-state index contributed by atoms with van der Waals surface area (Å²) in [5, 5.41) is 4.33. The molecule has 11 aromatic carbocycles. The minimum atomic E-state index is 0.856. The number of hydrogen-bond donors (Lipinski definition) is 0. The van der Waals surface area contributed by atoms with Crippen LogP contribution in [-0.2, 0) is 0 Å². The molecule has 0 N–H and O–H groups in total. The van der Waals surface area contributed by atoms with Crippen LogP contribution in [0.2, 0.25) is 0 Å². The second-order valence-electron chi connectivity index (χ2n) is 16.9. The van der Waals surface area contributed by atoms with Crippen LogP contribution in [0, 0.1) is 0 Å². The van der Waals surface area contributed by atoms with Gasteiger partial charge in [-0.15, -0.1) is 0 Å². The van der Waals surface area contributed by atoms with Gasteiger partial charge < -0.3 is 14.2 Å². The number of nitrogens with zero attached hydrogens (tertiary/aromatic N) is 2. The molecule has 0 saturated heterocycles. The van der Waals surface area contributed by atoms with Crippen LogP contribution < -0.4 is 9.80 Å². The summed E-state index contributed by atoms with van der Waals surface area (Å²) in [5.74, 6) is 0. The van der Waals surface area contributed by atoms with Crippen molar-refractivity contribution in [2.24, 2.45) is 0 Å². The van der Waals surface area contributed by atoms with Crippen LogP contribution in [0.25, 0.3) is 77.2 Å². The molecule has 0 spiro atoms. The average molecular weight is 857 g/mol. The van der Waals surface area contributed by atoms with Crippen LogP contribution in [0.5, 0.6) is 0 Å². The number of rotatable bonds is 10. The highest BCUT2D eigenvalue weighted by atomic mass is 16.3. The second kappa shape index (κ2) is 17.2. The Kier molecular flexibility index (Phi) is 10.2. The zero-order valence-corrected chi connectivity index (χ0v) is 36.7. The minimum absolute atomic E-state index is 0.856. The topological polar surface area (TPSA) is 19.6 Å². The highest BCUT2D eigenvalue weighted by Gasteiger charge is 2.22. The third-order valence-electron chi connectivity index (χ3n) is 12.9. The molecule has 3 nitrogen and oxygen atoms in total. The van der Waals surface area contributed by atoms with Crippen molar-refractivity contribution >= 4 is 66.8 Å². The van der Waals surface area contributed by atoms with Gasteiger partial charge in [0.25, 0.3) is 0 Å². The van der Waals surface area contributed by atoms with E-state index in [0.717, 1.165) is 78.0 Å². The molecule has 1 aromatic heterocycles. The van der Waals surface area contributed by atoms with E-state index < -0.39 is 0 Å². The molecule has 0 aliphatic heterocycles. The van der Waals surface area contributed by atoms with E-state index in [1.54, 1.807) is 0 Å². The monoisotopic (exact) mass is 856 g/mol. The quantitative estimate of drug-likeness (QED) is 0.137.